The van der Waals surface area contributed by atoms with Gasteiger partial charge in [0.15, 0.2) is 23.6 Å². The van der Waals surface area contributed by atoms with Gasteiger partial charge >= 0.3 is 11.9 Å². The van der Waals surface area contributed by atoms with E-state index in [-0.39, 0.29) is 27.4 Å². The summed E-state index contributed by atoms with van der Waals surface area (Å²) in [5.74, 6) is -3.87. The summed E-state index contributed by atoms with van der Waals surface area (Å²) in [5.41, 5.74) is 5.63. The predicted molar refractivity (Wildman–Crippen MR) is 171 cm³/mol. The minimum absolute atomic E-state index is 0.00157. The van der Waals surface area contributed by atoms with Crippen molar-refractivity contribution in [2.24, 2.45) is 5.16 Å². The molecule has 244 valence electrons. The number of nitrogens with zero attached hydrogens (tertiary/aromatic N) is 5. The largest absolute Gasteiger partial charge is 0.478 e. The van der Waals surface area contributed by atoms with E-state index in [9.17, 15) is 29.4 Å². The molecule has 6 N–H and O–H groups in total. The number of carboxylic acids is 2. The number of aryl methyl sites for hydroxylation is 1. The van der Waals surface area contributed by atoms with Crippen LogP contribution in [0, 0.1) is 0 Å². The summed E-state index contributed by atoms with van der Waals surface area (Å²) in [6.07, 6.45) is 4.82. The fraction of sp³-hybridized carbons (Fsp3) is 0.393. The number of nitrogens with one attached hydrogen (secondary N) is 2. The van der Waals surface area contributed by atoms with Crippen molar-refractivity contribution < 1.29 is 38.8 Å². The van der Waals surface area contributed by atoms with E-state index >= 15 is 0 Å². The second kappa shape index (κ2) is 13.3. The molecule has 2 aliphatic heterocycles. The summed E-state index contributed by atoms with van der Waals surface area (Å²) in [5, 5.41) is 28.3. The van der Waals surface area contributed by atoms with E-state index in [1.807, 2.05) is 42.2 Å². The van der Waals surface area contributed by atoms with Crippen LogP contribution in [0.15, 0.2) is 47.0 Å². The molecule has 15 nitrogen and oxygen atoms in total. The average Bonchev–Trinajstić information content (AvgIpc) is 3.57. The fourth-order valence-electron chi connectivity index (χ4n) is 5.05. The number of hydrogen-bond acceptors (Lipinski definition) is 11. The van der Waals surface area contributed by atoms with E-state index in [0.717, 1.165) is 41.9 Å². The summed E-state index contributed by atoms with van der Waals surface area (Å²) < 4.78 is 4.10. The lowest BCUT2D eigenvalue weighted by Gasteiger charge is -2.49. The third-order valence-electron chi connectivity index (χ3n) is 7.46. The standard InChI is InChI=1S/C28H31ClN8O7S2/c1-28(2,26(42)43)44-34-18(17-21(29)46-27(30)33-17)22(38)32-19-23(39)37-20(25(40)41)14(13-45-24(19)37)12-36-9-4-6-15-16(36)7-11-35(15)10-5-8-31-3/h4,6-7,9,11,19,24,31H,5,8,10,12-13H2,1-3H3,(H4-,30,32,33,38,40,41,42,43)/p+1/b34-18-/t19-,24-/m1/s1. The Morgan fingerprint density at radius 1 is 1.30 bits per heavy atom. The first kappa shape index (κ1) is 33.2. The Kier molecular flexibility index (Phi) is 9.57. The number of carbonyl (C=O) groups is 4. The number of hydrogen-bond donors (Lipinski definition) is 5. The smallest absolute Gasteiger partial charge is 0.352 e. The lowest BCUT2D eigenvalue weighted by Crippen LogP contribution is -2.71. The van der Waals surface area contributed by atoms with Gasteiger partial charge in [0.05, 0.1) is 0 Å². The summed E-state index contributed by atoms with van der Waals surface area (Å²) in [7, 11) is 1.91. The van der Waals surface area contributed by atoms with Crippen LogP contribution in [0.5, 0.6) is 0 Å². The van der Waals surface area contributed by atoms with Gasteiger partial charge < -0.3 is 36.0 Å². The van der Waals surface area contributed by atoms with Gasteiger partial charge in [0, 0.05) is 36.2 Å². The number of fused-ring (bicyclic) bond motifs is 2. The quantitative estimate of drug-likeness (QED) is 0.0567. The topological polar surface area (TPSA) is 205 Å². The molecular weight excluding hydrogens is 660 g/mol. The Morgan fingerprint density at radius 2 is 2.07 bits per heavy atom. The molecule has 1 fully saturated rings. The number of aliphatic carboxylic acids is 2. The van der Waals surface area contributed by atoms with Crippen molar-refractivity contribution in [1.82, 2.24) is 25.1 Å². The highest BCUT2D eigenvalue weighted by Crippen LogP contribution is 2.40. The molecule has 0 aliphatic carbocycles. The molecule has 46 heavy (non-hydrogen) atoms. The second-order valence-corrected chi connectivity index (χ2v) is 13.7. The SMILES string of the molecule is CNCCCn1ccc2c1ccc[n+]2CC1=C(C(=O)O)N2C(=O)[C@@H](NC(=O)/C(=N\OC(C)(C)C(=O)O)c3nc(N)sc3Cl)[C@H]2SC1. The molecule has 2 amide bonds. The number of carbonyl (C=O) groups excluding carboxylic acids is 2. The van der Waals surface area contributed by atoms with Crippen LogP contribution in [0.4, 0.5) is 5.13 Å². The molecule has 0 radical (unpaired) electrons. The first-order valence-electron chi connectivity index (χ1n) is 14.1. The number of β-lactam (4-membered cyclic amide) rings is 1. The van der Waals surface area contributed by atoms with Gasteiger partial charge in [-0.1, -0.05) is 28.1 Å². The molecule has 1 saturated heterocycles. The Labute approximate surface area is 276 Å². The third kappa shape index (κ3) is 6.40. The molecule has 0 spiro atoms. The summed E-state index contributed by atoms with van der Waals surface area (Å²) in [4.78, 5) is 61.2. The van der Waals surface area contributed by atoms with Crippen molar-refractivity contribution in [3.63, 3.8) is 0 Å². The molecule has 2 atom stereocenters. The number of thioether (sulfide) groups is 1. The highest BCUT2D eigenvalue weighted by atomic mass is 35.5. The van der Waals surface area contributed by atoms with Crippen molar-refractivity contribution in [2.45, 2.75) is 50.4 Å². The zero-order valence-corrected chi connectivity index (χ0v) is 27.4. The van der Waals surface area contributed by atoms with E-state index in [1.165, 1.54) is 30.5 Å². The number of nitrogens with two attached hydrogens (primary N) is 1. The maximum atomic E-state index is 13.4. The lowest BCUT2D eigenvalue weighted by molar-refractivity contribution is -0.663. The Morgan fingerprint density at radius 3 is 2.72 bits per heavy atom. The van der Waals surface area contributed by atoms with E-state index in [1.54, 1.807) is 0 Å². The molecule has 2 aliphatic rings. The molecule has 0 saturated carbocycles. The zero-order valence-electron chi connectivity index (χ0n) is 25.0. The molecule has 0 aromatic carbocycles. The number of carboxylic acid groups (broad SMARTS) is 2. The van der Waals surface area contributed by atoms with Gasteiger partial charge in [0.25, 0.3) is 11.8 Å². The maximum Gasteiger partial charge on any atom is 0.352 e. The van der Waals surface area contributed by atoms with Gasteiger partial charge in [-0.15, -0.1) is 11.8 Å². The van der Waals surface area contributed by atoms with Gasteiger partial charge in [-0.2, -0.15) is 4.57 Å². The van der Waals surface area contributed by atoms with Gasteiger partial charge in [-0.3, -0.25) is 14.5 Å². The highest BCUT2D eigenvalue weighted by molar-refractivity contribution is 8.00. The van der Waals surface area contributed by atoms with Gasteiger partial charge in [0.1, 0.15) is 32.7 Å². The number of rotatable bonds is 13. The van der Waals surface area contributed by atoms with E-state index < -0.39 is 46.5 Å². The van der Waals surface area contributed by atoms with Crippen molar-refractivity contribution in [3.8, 4) is 0 Å². The van der Waals surface area contributed by atoms with Gasteiger partial charge in [-0.05, 0) is 39.9 Å². The van der Waals surface area contributed by atoms with Gasteiger partial charge in [-0.25, -0.2) is 14.6 Å². The number of thiazole rings is 1. The van der Waals surface area contributed by atoms with Crippen LogP contribution in [-0.4, -0.2) is 90.5 Å². The van der Waals surface area contributed by atoms with Crippen molar-refractivity contribution in [2.75, 3.05) is 25.1 Å². The molecule has 3 aromatic heterocycles. The fourth-order valence-corrected chi connectivity index (χ4v) is 7.31. The van der Waals surface area contributed by atoms with Crippen LogP contribution in [0.2, 0.25) is 4.34 Å². The first-order valence-corrected chi connectivity index (χ1v) is 16.3. The summed E-state index contributed by atoms with van der Waals surface area (Å²) >= 11 is 8.39. The number of aromatic nitrogens is 3. The summed E-state index contributed by atoms with van der Waals surface area (Å²) in [6.45, 7) is 4.41. The number of oxime groups is 1. The number of halogens is 1. The van der Waals surface area contributed by atoms with Crippen LogP contribution in [0.1, 0.15) is 26.0 Å². The molecular formula is C28H32ClN8O7S2+. The van der Waals surface area contributed by atoms with Crippen LogP contribution in [0.3, 0.4) is 0 Å². The molecule has 0 unspecified atom stereocenters. The Balaban J connectivity index is 1.37. The molecule has 5 heterocycles. The number of pyridine rings is 1. The monoisotopic (exact) mass is 691 g/mol. The minimum Gasteiger partial charge on any atom is -0.478 e. The molecule has 18 heteroatoms. The Bertz CT molecular complexity index is 1790. The number of nitrogen functional groups attached to an aromatic ring is 1. The minimum atomic E-state index is -1.81. The maximum absolute atomic E-state index is 13.4. The highest BCUT2D eigenvalue weighted by Gasteiger charge is 2.55. The van der Waals surface area contributed by atoms with Gasteiger partial charge in [0.2, 0.25) is 11.1 Å². The van der Waals surface area contributed by atoms with Crippen LogP contribution in [0.25, 0.3) is 11.0 Å². The second-order valence-electron chi connectivity index (χ2n) is 11.0. The predicted octanol–water partition coefficient (Wildman–Crippen LogP) is 1.25. The van der Waals surface area contributed by atoms with E-state index in [0.29, 0.717) is 11.3 Å². The zero-order chi connectivity index (χ0) is 33.3. The van der Waals surface area contributed by atoms with Crippen molar-refractivity contribution >= 4 is 80.3 Å². The first-order chi connectivity index (χ1) is 21.8. The number of anilines is 1. The van der Waals surface area contributed by atoms with Crippen molar-refractivity contribution in [1.29, 1.82) is 0 Å². The number of amides is 2. The van der Waals surface area contributed by atoms with Crippen molar-refractivity contribution in [3.05, 3.63) is 51.9 Å². The normalized spacial score (nSPS) is 18.4. The van der Waals surface area contributed by atoms with Crippen LogP contribution < -0.4 is 20.9 Å². The summed E-state index contributed by atoms with van der Waals surface area (Å²) in [6, 6.07) is 4.79. The molecule has 0 bridgehead atoms. The van der Waals surface area contributed by atoms with Crippen LogP contribution in [-0.2, 0) is 37.1 Å². The Hall–Kier alpha value is -4.19. The molecule has 5 rings (SSSR count). The van der Waals surface area contributed by atoms with E-state index in [4.69, 9.17) is 22.2 Å². The van der Waals surface area contributed by atoms with E-state index in [2.05, 4.69) is 25.3 Å². The lowest BCUT2D eigenvalue weighted by atomic mass is 10.0. The van der Waals surface area contributed by atoms with Crippen LogP contribution >= 0.6 is 34.7 Å². The molecule has 3 aromatic rings. The average molecular weight is 692 g/mol. The third-order valence-corrected chi connectivity index (χ3v) is 9.88.